The molecule has 1 atom stereocenters. The van der Waals surface area contributed by atoms with Gasteiger partial charge in [-0.1, -0.05) is 6.07 Å². The van der Waals surface area contributed by atoms with Crippen molar-refractivity contribution in [1.29, 1.82) is 0 Å². The first-order chi connectivity index (χ1) is 6.84. The van der Waals surface area contributed by atoms with E-state index in [-0.39, 0.29) is 0 Å². The lowest BCUT2D eigenvalue weighted by Crippen LogP contribution is -2.23. The zero-order valence-electron chi connectivity index (χ0n) is 8.07. The average molecular weight is 209 g/mol. The topological polar surface area (TPSA) is 32.3 Å². The van der Waals surface area contributed by atoms with Crippen LogP contribution in [-0.2, 0) is 0 Å². The van der Waals surface area contributed by atoms with Gasteiger partial charge >= 0.3 is 0 Å². The largest absolute Gasteiger partial charge is 0.508 e. The van der Waals surface area contributed by atoms with E-state index >= 15 is 0 Å². The van der Waals surface area contributed by atoms with E-state index in [4.69, 9.17) is 0 Å². The highest BCUT2D eigenvalue weighted by Gasteiger charge is 2.13. The van der Waals surface area contributed by atoms with Gasteiger partial charge in [0.05, 0.1) is 0 Å². The molecule has 76 valence electrons. The van der Waals surface area contributed by atoms with Gasteiger partial charge in [0, 0.05) is 16.7 Å². The Morgan fingerprint density at radius 2 is 2.43 bits per heavy atom. The van der Waals surface area contributed by atoms with Crippen LogP contribution < -0.4 is 5.32 Å². The molecular formula is C11H15NOS. The molecular weight excluding hydrogens is 194 g/mol. The standard InChI is InChI=1S/C11H15NOS/c13-10-4-1-5-11(7-10)14-8-9-3-2-6-12-9/h1,4-5,7,9,12-13H,2-3,6,8H2/t9-/m0/s1. The molecule has 1 saturated heterocycles. The zero-order chi connectivity index (χ0) is 9.80. The van der Waals surface area contributed by atoms with E-state index in [0.717, 1.165) is 17.2 Å². The molecule has 14 heavy (non-hydrogen) atoms. The monoisotopic (exact) mass is 209 g/mol. The summed E-state index contributed by atoms with van der Waals surface area (Å²) in [7, 11) is 0. The number of nitrogens with one attached hydrogen (secondary N) is 1. The number of hydrogen-bond donors (Lipinski definition) is 2. The number of rotatable bonds is 3. The molecule has 0 unspecified atom stereocenters. The van der Waals surface area contributed by atoms with E-state index in [1.54, 1.807) is 6.07 Å². The summed E-state index contributed by atoms with van der Waals surface area (Å²) in [6, 6.07) is 8.11. The molecule has 0 bridgehead atoms. The molecule has 0 saturated carbocycles. The molecule has 1 aromatic rings. The molecule has 2 N–H and O–H groups in total. The Labute approximate surface area is 88.7 Å². The van der Waals surface area contributed by atoms with Crippen molar-refractivity contribution in [3.8, 4) is 5.75 Å². The predicted octanol–water partition coefficient (Wildman–Crippen LogP) is 2.24. The molecule has 1 heterocycles. The first-order valence-corrected chi connectivity index (χ1v) is 5.98. The molecule has 0 spiro atoms. The van der Waals surface area contributed by atoms with Gasteiger partial charge < -0.3 is 10.4 Å². The second-order valence-corrected chi connectivity index (χ2v) is 4.70. The Morgan fingerprint density at radius 1 is 1.50 bits per heavy atom. The van der Waals surface area contributed by atoms with E-state index in [2.05, 4.69) is 5.32 Å². The molecule has 1 fully saturated rings. The molecule has 0 aliphatic carbocycles. The fourth-order valence-electron chi connectivity index (χ4n) is 1.67. The molecule has 0 amide bonds. The highest BCUT2D eigenvalue weighted by molar-refractivity contribution is 7.99. The first-order valence-electron chi connectivity index (χ1n) is 5.00. The minimum atomic E-state index is 0.356. The SMILES string of the molecule is Oc1cccc(SC[C@@H]2CCCN2)c1. The lowest BCUT2D eigenvalue weighted by atomic mass is 10.3. The minimum absolute atomic E-state index is 0.356. The smallest absolute Gasteiger partial charge is 0.116 e. The lowest BCUT2D eigenvalue weighted by Gasteiger charge is -2.09. The number of aromatic hydroxyl groups is 1. The maximum Gasteiger partial charge on any atom is 0.116 e. The van der Waals surface area contributed by atoms with Crippen LogP contribution in [0.25, 0.3) is 0 Å². The van der Waals surface area contributed by atoms with Crippen LogP contribution in [-0.4, -0.2) is 23.4 Å². The second kappa shape index (κ2) is 4.71. The molecule has 1 aromatic carbocycles. The summed E-state index contributed by atoms with van der Waals surface area (Å²) in [4.78, 5) is 1.15. The third-order valence-corrected chi connectivity index (χ3v) is 3.59. The van der Waals surface area contributed by atoms with Crippen molar-refractivity contribution in [2.24, 2.45) is 0 Å². The molecule has 0 aromatic heterocycles. The number of thioether (sulfide) groups is 1. The van der Waals surface area contributed by atoms with Crippen molar-refractivity contribution in [3.05, 3.63) is 24.3 Å². The number of benzene rings is 1. The van der Waals surface area contributed by atoms with Gasteiger partial charge in [-0.2, -0.15) is 0 Å². The summed E-state index contributed by atoms with van der Waals surface area (Å²) in [5.41, 5.74) is 0. The van der Waals surface area contributed by atoms with E-state index in [1.165, 1.54) is 12.8 Å². The van der Waals surface area contributed by atoms with E-state index in [0.29, 0.717) is 11.8 Å². The van der Waals surface area contributed by atoms with Gasteiger partial charge in [-0.25, -0.2) is 0 Å². The average Bonchev–Trinajstić information content (AvgIpc) is 2.67. The highest BCUT2D eigenvalue weighted by atomic mass is 32.2. The number of phenolic OH excluding ortho intramolecular Hbond substituents is 1. The van der Waals surface area contributed by atoms with Crippen molar-refractivity contribution in [3.63, 3.8) is 0 Å². The Morgan fingerprint density at radius 3 is 3.14 bits per heavy atom. The quantitative estimate of drug-likeness (QED) is 0.749. The van der Waals surface area contributed by atoms with Crippen LogP contribution in [0.1, 0.15) is 12.8 Å². The summed E-state index contributed by atoms with van der Waals surface area (Å²) in [6.45, 7) is 1.16. The summed E-state index contributed by atoms with van der Waals surface area (Å²) in [5.74, 6) is 1.46. The first kappa shape index (κ1) is 9.87. The Bertz CT molecular complexity index is 297. The van der Waals surface area contributed by atoms with Gasteiger partial charge in [-0.15, -0.1) is 11.8 Å². The minimum Gasteiger partial charge on any atom is -0.508 e. The van der Waals surface area contributed by atoms with E-state index in [9.17, 15) is 5.11 Å². The van der Waals surface area contributed by atoms with Crippen LogP contribution in [0.3, 0.4) is 0 Å². The highest BCUT2D eigenvalue weighted by Crippen LogP contribution is 2.24. The molecule has 2 rings (SSSR count). The van der Waals surface area contributed by atoms with Gasteiger partial charge in [-0.05, 0) is 37.6 Å². The lowest BCUT2D eigenvalue weighted by molar-refractivity contribution is 0.474. The molecule has 1 aliphatic heterocycles. The molecule has 2 nitrogen and oxygen atoms in total. The van der Waals surface area contributed by atoms with E-state index in [1.807, 2.05) is 30.0 Å². The van der Waals surface area contributed by atoms with Gasteiger partial charge in [0.1, 0.15) is 5.75 Å². The van der Waals surface area contributed by atoms with Crippen LogP contribution in [0.4, 0.5) is 0 Å². The van der Waals surface area contributed by atoms with Crippen LogP contribution in [0.15, 0.2) is 29.2 Å². The second-order valence-electron chi connectivity index (χ2n) is 3.60. The van der Waals surface area contributed by atoms with Gasteiger partial charge in [0.15, 0.2) is 0 Å². The molecule has 3 heteroatoms. The van der Waals surface area contributed by atoms with Crippen LogP contribution in [0.5, 0.6) is 5.75 Å². The predicted molar refractivity (Wildman–Crippen MR) is 59.9 cm³/mol. The summed E-state index contributed by atoms with van der Waals surface area (Å²) in [6.07, 6.45) is 2.58. The number of hydrogen-bond acceptors (Lipinski definition) is 3. The summed E-state index contributed by atoms with van der Waals surface area (Å²) in [5, 5.41) is 12.7. The molecule has 1 aliphatic rings. The number of phenols is 1. The maximum absolute atomic E-state index is 9.28. The summed E-state index contributed by atoms with van der Waals surface area (Å²) >= 11 is 1.81. The Hall–Kier alpha value is -0.670. The third-order valence-electron chi connectivity index (χ3n) is 2.43. The summed E-state index contributed by atoms with van der Waals surface area (Å²) < 4.78 is 0. The third kappa shape index (κ3) is 2.66. The maximum atomic E-state index is 9.28. The van der Waals surface area contributed by atoms with Gasteiger partial charge in [-0.3, -0.25) is 0 Å². The Balaban J connectivity index is 1.85. The Kier molecular flexibility index (Phi) is 3.32. The normalized spacial score (nSPS) is 21.3. The van der Waals surface area contributed by atoms with Crippen molar-refractivity contribution in [2.75, 3.05) is 12.3 Å². The van der Waals surface area contributed by atoms with Crippen LogP contribution >= 0.6 is 11.8 Å². The zero-order valence-corrected chi connectivity index (χ0v) is 8.89. The van der Waals surface area contributed by atoms with Crippen LogP contribution in [0.2, 0.25) is 0 Å². The van der Waals surface area contributed by atoms with Gasteiger partial charge in [0.25, 0.3) is 0 Å². The van der Waals surface area contributed by atoms with Gasteiger partial charge in [0.2, 0.25) is 0 Å². The fourth-order valence-corrected chi connectivity index (χ4v) is 2.73. The fraction of sp³-hybridized carbons (Fsp3) is 0.455. The van der Waals surface area contributed by atoms with Crippen molar-refractivity contribution >= 4 is 11.8 Å². The molecule has 0 radical (unpaired) electrons. The van der Waals surface area contributed by atoms with Crippen molar-refractivity contribution in [2.45, 2.75) is 23.8 Å². The van der Waals surface area contributed by atoms with E-state index < -0.39 is 0 Å². The van der Waals surface area contributed by atoms with Crippen molar-refractivity contribution < 1.29 is 5.11 Å². The van der Waals surface area contributed by atoms with Crippen molar-refractivity contribution in [1.82, 2.24) is 5.32 Å². The van der Waals surface area contributed by atoms with Crippen LogP contribution in [0, 0.1) is 0 Å².